The Morgan fingerprint density at radius 1 is 1.75 bits per heavy atom. The van der Waals surface area contributed by atoms with Crippen LogP contribution in [0.15, 0.2) is 17.4 Å². The number of anilines is 1. The Kier molecular flexibility index (Phi) is 2.65. The van der Waals surface area contributed by atoms with Crippen LogP contribution in [-0.4, -0.2) is 22.8 Å². The first-order valence-electron chi connectivity index (χ1n) is 3.45. The van der Waals surface area contributed by atoms with Crippen molar-refractivity contribution < 1.29 is 0 Å². The van der Waals surface area contributed by atoms with Gasteiger partial charge in [-0.1, -0.05) is 0 Å². The maximum absolute atomic E-state index is 5.17. The zero-order chi connectivity index (χ0) is 8.97. The summed E-state index contributed by atoms with van der Waals surface area (Å²) in [6, 6.07) is 0. The van der Waals surface area contributed by atoms with Crippen LogP contribution in [0.25, 0.3) is 0 Å². The molecule has 0 aliphatic carbocycles. The van der Waals surface area contributed by atoms with Gasteiger partial charge in [-0.15, -0.1) is 0 Å². The van der Waals surface area contributed by atoms with Crippen molar-refractivity contribution in [3.63, 3.8) is 0 Å². The molecule has 6 nitrogen and oxygen atoms in total. The average molecular weight is 168 g/mol. The van der Waals surface area contributed by atoms with E-state index in [-0.39, 0.29) is 0 Å². The Balaban J connectivity index is 2.63. The number of guanidine groups is 1. The number of aromatic nitrogens is 2. The van der Waals surface area contributed by atoms with Crippen molar-refractivity contribution in [3.8, 4) is 0 Å². The van der Waals surface area contributed by atoms with Crippen LogP contribution in [0.2, 0.25) is 0 Å². The molecule has 0 saturated carbocycles. The van der Waals surface area contributed by atoms with E-state index in [1.54, 1.807) is 17.9 Å². The van der Waals surface area contributed by atoms with Crippen molar-refractivity contribution in [1.82, 2.24) is 15.2 Å². The molecule has 0 unspecified atom stereocenters. The summed E-state index contributed by atoms with van der Waals surface area (Å²) in [5.41, 5.74) is 3.25. The molecule has 1 aromatic heterocycles. The SMILES string of the molecule is CN=C(NN)Nc1cnn(C)c1. The van der Waals surface area contributed by atoms with Crippen LogP contribution < -0.4 is 16.6 Å². The molecule has 0 bridgehead atoms. The predicted octanol–water partition coefficient (Wildman–Crippen LogP) is -0.719. The van der Waals surface area contributed by atoms with E-state index in [0.717, 1.165) is 5.69 Å². The highest BCUT2D eigenvalue weighted by Gasteiger charge is 1.97. The molecule has 6 heteroatoms. The van der Waals surface area contributed by atoms with Gasteiger partial charge in [-0.25, -0.2) is 5.84 Å². The zero-order valence-corrected chi connectivity index (χ0v) is 7.07. The maximum atomic E-state index is 5.17. The van der Waals surface area contributed by atoms with Crippen LogP contribution in [0.5, 0.6) is 0 Å². The van der Waals surface area contributed by atoms with E-state index < -0.39 is 0 Å². The third kappa shape index (κ3) is 1.96. The molecule has 0 radical (unpaired) electrons. The van der Waals surface area contributed by atoms with Gasteiger partial charge in [-0.2, -0.15) is 5.10 Å². The van der Waals surface area contributed by atoms with Crippen LogP contribution in [0, 0.1) is 0 Å². The summed E-state index contributed by atoms with van der Waals surface area (Å²) in [5.74, 6) is 5.67. The first kappa shape index (κ1) is 8.54. The fraction of sp³-hybridized carbons (Fsp3) is 0.333. The van der Waals surface area contributed by atoms with Crippen molar-refractivity contribution in [1.29, 1.82) is 0 Å². The molecule has 1 rings (SSSR count). The van der Waals surface area contributed by atoms with Crippen molar-refractivity contribution in [3.05, 3.63) is 12.4 Å². The van der Waals surface area contributed by atoms with Gasteiger partial charge < -0.3 is 5.32 Å². The molecule has 66 valence electrons. The molecule has 0 aliphatic rings. The third-order valence-corrected chi connectivity index (χ3v) is 1.33. The molecule has 4 N–H and O–H groups in total. The Morgan fingerprint density at radius 3 is 2.92 bits per heavy atom. The van der Waals surface area contributed by atoms with Crippen molar-refractivity contribution in [2.45, 2.75) is 0 Å². The molecule has 0 fully saturated rings. The molecule has 12 heavy (non-hydrogen) atoms. The van der Waals surface area contributed by atoms with Crippen molar-refractivity contribution >= 4 is 11.6 Å². The number of hydrogen-bond acceptors (Lipinski definition) is 3. The van der Waals surface area contributed by atoms with Gasteiger partial charge in [0, 0.05) is 20.3 Å². The Morgan fingerprint density at radius 2 is 2.50 bits per heavy atom. The van der Waals surface area contributed by atoms with Gasteiger partial charge in [-0.05, 0) is 0 Å². The van der Waals surface area contributed by atoms with E-state index in [0.29, 0.717) is 5.96 Å². The lowest BCUT2D eigenvalue weighted by atomic mass is 10.6. The van der Waals surface area contributed by atoms with Gasteiger partial charge in [0.1, 0.15) is 0 Å². The smallest absolute Gasteiger partial charge is 0.210 e. The first-order chi connectivity index (χ1) is 5.76. The average Bonchev–Trinajstić information content (AvgIpc) is 2.47. The van der Waals surface area contributed by atoms with E-state index in [1.165, 1.54) is 0 Å². The van der Waals surface area contributed by atoms with Gasteiger partial charge in [-0.3, -0.25) is 15.1 Å². The highest BCUT2D eigenvalue weighted by molar-refractivity contribution is 5.92. The van der Waals surface area contributed by atoms with E-state index >= 15 is 0 Å². The predicted molar refractivity (Wildman–Crippen MR) is 47.5 cm³/mol. The maximum Gasteiger partial charge on any atom is 0.210 e. The van der Waals surface area contributed by atoms with Crippen LogP contribution in [0.4, 0.5) is 5.69 Å². The topological polar surface area (TPSA) is 80.3 Å². The normalized spacial score (nSPS) is 11.4. The molecular weight excluding hydrogens is 156 g/mol. The Bertz CT molecular complexity index is 275. The van der Waals surface area contributed by atoms with Gasteiger partial charge >= 0.3 is 0 Å². The minimum absolute atomic E-state index is 0.503. The summed E-state index contributed by atoms with van der Waals surface area (Å²) >= 11 is 0. The van der Waals surface area contributed by atoms with Gasteiger partial charge in [0.25, 0.3) is 0 Å². The lowest BCUT2D eigenvalue weighted by Gasteiger charge is -2.04. The van der Waals surface area contributed by atoms with E-state index in [4.69, 9.17) is 5.84 Å². The number of aryl methyl sites for hydroxylation is 1. The lowest BCUT2D eigenvalue weighted by molar-refractivity contribution is 0.768. The fourth-order valence-electron chi connectivity index (χ4n) is 0.779. The zero-order valence-electron chi connectivity index (χ0n) is 7.07. The molecule has 1 heterocycles. The number of hydrazine groups is 1. The summed E-state index contributed by atoms with van der Waals surface area (Å²) in [4.78, 5) is 3.84. The van der Waals surface area contributed by atoms with E-state index in [2.05, 4.69) is 20.8 Å². The molecule has 0 spiro atoms. The number of nitrogens with one attached hydrogen (secondary N) is 2. The molecule has 0 atom stereocenters. The number of hydrogen-bond donors (Lipinski definition) is 3. The third-order valence-electron chi connectivity index (χ3n) is 1.33. The Hall–Kier alpha value is -1.56. The van der Waals surface area contributed by atoms with Gasteiger partial charge in [0.05, 0.1) is 11.9 Å². The Labute approximate surface area is 70.4 Å². The van der Waals surface area contributed by atoms with Gasteiger partial charge in [0.15, 0.2) is 0 Å². The second-order valence-electron chi connectivity index (χ2n) is 2.24. The minimum atomic E-state index is 0.503. The van der Waals surface area contributed by atoms with Crippen molar-refractivity contribution in [2.24, 2.45) is 17.9 Å². The molecule has 1 aromatic rings. The van der Waals surface area contributed by atoms with Crippen LogP contribution >= 0.6 is 0 Å². The lowest BCUT2D eigenvalue weighted by Crippen LogP contribution is -2.35. The van der Waals surface area contributed by atoms with E-state index in [1.807, 2.05) is 13.2 Å². The quantitative estimate of drug-likeness (QED) is 0.224. The standard InChI is InChI=1S/C6H12N6/c1-8-6(11-7)10-5-3-9-12(2)4-5/h3-4H,7H2,1-2H3,(H2,8,10,11). The molecular formula is C6H12N6. The highest BCUT2D eigenvalue weighted by Crippen LogP contribution is 2.01. The molecule has 0 aromatic carbocycles. The summed E-state index contributed by atoms with van der Waals surface area (Å²) in [6.07, 6.45) is 3.50. The summed E-state index contributed by atoms with van der Waals surface area (Å²) < 4.78 is 1.69. The highest BCUT2D eigenvalue weighted by atomic mass is 15.3. The first-order valence-corrected chi connectivity index (χ1v) is 3.45. The van der Waals surface area contributed by atoms with Crippen LogP contribution in [0.3, 0.4) is 0 Å². The number of nitrogens with two attached hydrogens (primary N) is 1. The number of rotatable bonds is 1. The number of nitrogens with zero attached hydrogens (tertiary/aromatic N) is 3. The second-order valence-corrected chi connectivity index (χ2v) is 2.24. The summed E-state index contributed by atoms with van der Waals surface area (Å²) in [7, 11) is 3.47. The summed E-state index contributed by atoms with van der Waals surface area (Å²) in [5, 5.41) is 6.90. The second kappa shape index (κ2) is 3.72. The summed E-state index contributed by atoms with van der Waals surface area (Å²) in [6.45, 7) is 0. The fourth-order valence-corrected chi connectivity index (χ4v) is 0.779. The largest absolute Gasteiger partial charge is 0.323 e. The van der Waals surface area contributed by atoms with Crippen molar-refractivity contribution in [2.75, 3.05) is 12.4 Å². The van der Waals surface area contributed by atoms with Crippen LogP contribution in [-0.2, 0) is 7.05 Å². The molecule has 0 saturated heterocycles. The van der Waals surface area contributed by atoms with Gasteiger partial charge in [0.2, 0.25) is 5.96 Å². The minimum Gasteiger partial charge on any atom is -0.323 e. The monoisotopic (exact) mass is 168 g/mol. The molecule has 0 aliphatic heterocycles. The van der Waals surface area contributed by atoms with E-state index in [9.17, 15) is 0 Å². The molecule has 0 amide bonds. The number of aliphatic imine (C=N–C) groups is 1. The van der Waals surface area contributed by atoms with Crippen LogP contribution in [0.1, 0.15) is 0 Å².